The minimum atomic E-state index is -5.67. The largest absolute Gasteiger partial charge is 0.491 e. The van der Waals surface area contributed by atoms with Crippen LogP contribution in [0.25, 0.3) is 10.9 Å². The number of amides is 1. The lowest BCUT2D eigenvalue weighted by Gasteiger charge is -2.47. The van der Waals surface area contributed by atoms with E-state index in [1.807, 2.05) is 6.07 Å². The molecular weight excluding hydrogens is 646 g/mol. The summed E-state index contributed by atoms with van der Waals surface area (Å²) in [4.78, 5) is 45.4. The van der Waals surface area contributed by atoms with E-state index in [1.165, 1.54) is 21.6 Å². The van der Waals surface area contributed by atoms with E-state index in [1.54, 1.807) is 31.2 Å². The number of esters is 2. The number of benzene rings is 2. The molecule has 2 fully saturated rings. The Balaban J connectivity index is 1.50. The van der Waals surface area contributed by atoms with Crippen molar-refractivity contribution in [1.29, 1.82) is 0 Å². The van der Waals surface area contributed by atoms with E-state index in [9.17, 15) is 40.7 Å². The Hall–Kier alpha value is -4.11. The first-order valence-electron chi connectivity index (χ1n) is 15.6. The van der Waals surface area contributed by atoms with Crippen molar-refractivity contribution in [2.75, 3.05) is 39.3 Å². The quantitative estimate of drug-likeness (QED) is 0.191. The summed E-state index contributed by atoms with van der Waals surface area (Å²) < 4.78 is 89.9. The van der Waals surface area contributed by atoms with Crippen LogP contribution in [-0.4, -0.2) is 95.1 Å². The number of nitrogens with one attached hydrogen (secondary N) is 1. The van der Waals surface area contributed by atoms with Gasteiger partial charge in [-0.2, -0.15) is 26.3 Å². The van der Waals surface area contributed by atoms with Gasteiger partial charge >= 0.3 is 30.2 Å². The zero-order valence-electron chi connectivity index (χ0n) is 26.6. The van der Waals surface area contributed by atoms with Gasteiger partial charge in [-0.15, -0.1) is 0 Å². The molecular formula is C33H36F6N4O5. The van der Waals surface area contributed by atoms with Gasteiger partial charge in [-0.05, 0) is 75.0 Å². The average Bonchev–Trinajstić information content (AvgIpc) is 3.38. The lowest BCUT2D eigenvalue weighted by Crippen LogP contribution is -2.68. The number of aryl methyl sites for hydroxylation is 2. The summed E-state index contributed by atoms with van der Waals surface area (Å²) >= 11 is 0. The number of aromatic nitrogens is 1. The summed E-state index contributed by atoms with van der Waals surface area (Å²) in [5.41, 5.74) is 4.55. The van der Waals surface area contributed by atoms with Crippen LogP contribution in [0.15, 0.2) is 42.5 Å². The van der Waals surface area contributed by atoms with Crippen LogP contribution in [0.2, 0.25) is 0 Å². The Morgan fingerprint density at radius 2 is 1.42 bits per heavy atom. The van der Waals surface area contributed by atoms with Crippen LogP contribution in [0.4, 0.5) is 26.3 Å². The normalized spacial score (nSPS) is 18.2. The van der Waals surface area contributed by atoms with Gasteiger partial charge in [0.15, 0.2) is 0 Å². The number of rotatable bonds is 7. The predicted molar refractivity (Wildman–Crippen MR) is 162 cm³/mol. The van der Waals surface area contributed by atoms with Crippen LogP contribution in [0.5, 0.6) is 0 Å². The molecule has 9 nitrogen and oxygen atoms in total. The molecule has 0 spiro atoms. The molecule has 3 heterocycles. The highest BCUT2D eigenvalue weighted by Gasteiger charge is 2.59. The van der Waals surface area contributed by atoms with Crippen molar-refractivity contribution in [3.8, 4) is 0 Å². The molecule has 0 atom stereocenters. The number of likely N-dealkylation sites (N-methyl/N-ethyl adjacent to an activating group) is 1. The van der Waals surface area contributed by atoms with E-state index in [4.69, 9.17) is 0 Å². The standard InChI is InChI=1S/C33H36F6N4O5/c1-4-41-16-17-43(31(19-41,47-29(45)32(34,35)36)48-30(46)33(37,38)39)28(44)27-24(23-10-5-6-11-25(23)40-27)18-42-14-12-22(13-15-42)26-20(2)8-7-9-21(26)3/h5-11,22,40H,4,12-19H2,1-3H3. The Labute approximate surface area is 272 Å². The van der Waals surface area contributed by atoms with Gasteiger partial charge in [-0.1, -0.05) is 43.3 Å². The number of aromatic amines is 1. The first kappa shape index (κ1) is 35.2. The fourth-order valence-corrected chi connectivity index (χ4v) is 6.74. The second kappa shape index (κ2) is 13.4. The fraction of sp³-hybridized carbons (Fsp3) is 0.485. The zero-order valence-corrected chi connectivity index (χ0v) is 26.6. The molecule has 3 aromatic rings. The van der Waals surface area contributed by atoms with Crippen LogP contribution >= 0.6 is 0 Å². The zero-order chi connectivity index (χ0) is 35.0. The number of nitrogens with zero attached hydrogens (tertiary/aromatic N) is 3. The number of carbonyl (C=O) groups is 3. The SMILES string of the molecule is CCN1CCN(C(=O)c2[nH]c3ccccc3c2CN2CCC(c3c(C)cccc3C)CC2)C(OC(=O)C(F)(F)F)(OC(=O)C(F)(F)F)C1. The van der Waals surface area contributed by atoms with Crippen LogP contribution in [0, 0.1) is 13.8 Å². The van der Waals surface area contributed by atoms with Gasteiger partial charge in [0.1, 0.15) is 5.69 Å². The molecule has 0 unspecified atom stereocenters. The van der Waals surface area contributed by atoms with Gasteiger partial charge in [0.2, 0.25) is 0 Å². The number of ether oxygens (including phenoxy) is 2. The molecule has 5 rings (SSSR count). The molecule has 2 aliphatic rings. The third-order valence-corrected chi connectivity index (χ3v) is 9.08. The fourth-order valence-electron chi connectivity index (χ4n) is 6.74. The topological polar surface area (TPSA) is 95.2 Å². The number of hydrogen-bond acceptors (Lipinski definition) is 7. The van der Waals surface area contributed by atoms with E-state index in [-0.39, 0.29) is 25.3 Å². The molecule has 15 heteroatoms. The molecule has 48 heavy (non-hydrogen) atoms. The van der Waals surface area contributed by atoms with Crippen molar-refractivity contribution in [2.24, 2.45) is 0 Å². The monoisotopic (exact) mass is 682 g/mol. The average molecular weight is 683 g/mol. The third-order valence-electron chi connectivity index (χ3n) is 9.08. The minimum Gasteiger partial charge on any atom is -0.395 e. The number of hydrogen-bond donors (Lipinski definition) is 1. The maximum atomic E-state index is 14.3. The predicted octanol–water partition coefficient (Wildman–Crippen LogP) is 5.81. The van der Waals surface area contributed by atoms with Crippen molar-refractivity contribution >= 4 is 28.7 Å². The van der Waals surface area contributed by atoms with Crippen molar-refractivity contribution < 1.29 is 50.2 Å². The number of piperidine rings is 1. The first-order chi connectivity index (χ1) is 22.5. The van der Waals surface area contributed by atoms with E-state index >= 15 is 0 Å². The van der Waals surface area contributed by atoms with Gasteiger partial charge < -0.3 is 14.5 Å². The molecule has 0 radical (unpaired) electrons. The van der Waals surface area contributed by atoms with Crippen molar-refractivity contribution in [2.45, 2.75) is 64.3 Å². The molecule has 1 aromatic heterocycles. The molecule has 0 bridgehead atoms. The molecule has 260 valence electrons. The number of fused-ring (bicyclic) bond motifs is 1. The summed E-state index contributed by atoms with van der Waals surface area (Å²) in [6.45, 7) is 5.88. The lowest BCUT2D eigenvalue weighted by atomic mass is 9.84. The lowest BCUT2D eigenvalue weighted by molar-refractivity contribution is -0.318. The first-order valence-corrected chi connectivity index (χ1v) is 15.6. The summed E-state index contributed by atoms with van der Waals surface area (Å²) in [6.07, 6.45) is -9.67. The van der Waals surface area contributed by atoms with Crippen LogP contribution in [0.1, 0.15) is 58.4 Å². The number of H-pyrrole nitrogens is 1. The van der Waals surface area contributed by atoms with Crippen molar-refractivity contribution in [3.05, 3.63) is 70.4 Å². The number of alkyl halides is 6. The Morgan fingerprint density at radius 3 is 1.98 bits per heavy atom. The highest BCUT2D eigenvalue weighted by atomic mass is 19.4. The number of halogens is 6. The smallest absolute Gasteiger partial charge is 0.395 e. The highest BCUT2D eigenvalue weighted by Crippen LogP contribution is 2.37. The van der Waals surface area contributed by atoms with Crippen LogP contribution in [0.3, 0.4) is 0 Å². The molecule has 1 N–H and O–H groups in total. The van der Waals surface area contributed by atoms with Crippen LogP contribution in [-0.2, 0) is 25.6 Å². The summed E-state index contributed by atoms with van der Waals surface area (Å²) in [5.74, 6) is -9.97. The second-order valence-electron chi connectivity index (χ2n) is 12.2. The molecule has 2 aromatic carbocycles. The Morgan fingerprint density at radius 1 is 0.833 bits per heavy atom. The number of carbonyl (C=O) groups excluding carboxylic acids is 3. The van der Waals surface area contributed by atoms with E-state index in [2.05, 4.69) is 45.3 Å². The molecule has 0 saturated carbocycles. The Kier molecular flexibility index (Phi) is 9.84. The summed E-state index contributed by atoms with van der Waals surface area (Å²) in [7, 11) is 0. The highest BCUT2D eigenvalue weighted by molar-refractivity contribution is 6.01. The van der Waals surface area contributed by atoms with Gasteiger partial charge in [-0.25, -0.2) is 9.59 Å². The van der Waals surface area contributed by atoms with Gasteiger partial charge in [0.25, 0.3) is 5.91 Å². The minimum absolute atomic E-state index is 0.0154. The maximum absolute atomic E-state index is 14.3. The van der Waals surface area contributed by atoms with E-state index in [0.717, 1.165) is 12.8 Å². The van der Waals surface area contributed by atoms with Crippen molar-refractivity contribution in [3.63, 3.8) is 0 Å². The molecule has 0 aliphatic carbocycles. The van der Waals surface area contributed by atoms with E-state index < -0.39 is 49.2 Å². The maximum Gasteiger partial charge on any atom is 0.491 e. The molecule has 2 saturated heterocycles. The Bertz CT molecular complexity index is 1630. The molecule has 2 aliphatic heterocycles. The van der Waals surface area contributed by atoms with Gasteiger partial charge in [0, 0.05) is 36.1 Å². The number of para-hydroxylation sites is 1. The summed E-state index contributed by atoms with van der Waals surface area (Å²) in [6, 6.07) is 13.0. The van der Waals surface area contributed by atoms with Crippen molar-refractivity contribution in [1.82, 2.24) is 19.7 Å². The van der Waals surface area contributed by atoms with Gasteiger partial charge in [0.05, 0.1) is 6.54 Å². The molecule has 1 amide bonds. The van der Waals surface area contributed by atoms with E-state index in [0.29, 0.717) is 40.4 Å². The third kappa shape index (κ3) is 7.16. The van der Waals surface area contributed by atoms with Crippen LogP contribution < -0.4 is 0 Å². The number of likely N-dealkylation sites (tertiary alicyclic amines) is 1. The second-order valence-corrected chi connectivity index (χ2v) is 12.2. The van der Waals surface area contributed by atoms with Gasteiger partial charge in [-0.3, -0.25) is 19.5 Å². The number of piperazine rings is 1. The summed E-state index contributed by atoms with van der Waals surface area (Å²) in [5, 5.41) is 0.620.